The number of allylic oxidation sites excluding steroid dienone is 1. The summed E-state index contributed by atoms with van der Waals surface area (Å²) in [6.07, 6.45) is 2.95. The van der Waals surface area contributed by atoms with Crippen LogP contribution >= 0.6 is 0 Å². The van der Waals surface area contributed by atoms with E-state index in [1.54, 1.807) is 12.3 Å². The van der Waals surface area contributed by atoms with Crippen LogP contribution in [0.3, 0.4) is 0 Å². The molecule has 2 aromatic rings. The minimum Gasteiger partial charge on any atom is -0.294 e. The van der Waals surface area contributed by atoms with Crippen LogP contribution in [0, 0.1) is 0 Å². The number of pyridine rings is 1. The highest BCUT2D eigenvalue weighted by atomic mass is 16.1. The number of hydrogen-bond acceptors (Lipinski definition) is 2. The SMILES string of the molecule is C=C(C)CCC(=O)c1ccnc2ccccc12. The zero-order valence-electron chi connectivity index (χ0n) is 9.94. The molecule has 2 nitrogen and oxygen atoms in total. The van der Waals surface area contributed by atoms with Crippen LogP contribution in [-0.2, 0) is 0 Å². The molecule has 1 heterocycles. The smallest absolute Gasteiger partial charge is 0.163 e. The number of carbonyl (C=O) groups is 1. The Morgan fingerprint density at radius 1 is 1.24 bits per heavy atom. The Balaban J connectivity index is 2.35. The van der Waals surface area contributed by atoms with E-state index in [0.29, 0.717) is 6.42 Å². The first kappa shape index (κ1) is 11.5. The van der Waals surface area contributed by atoms with Crippen LogP contribution < -0.4 is 0 Å². The molecule has 2 rings (SSSR count). The van der Waals surface area contributed by atoms with Crippen LogP contribution in [0.4, 0.5) is 0 Å². The lowest BCUT2D eigenvalue weighted by Crippen LogP contribution is -2.00. The first-order chi connectivity index (χ1) is 8.18. The first-order valence-corrected chi connectivity index (χ1v) is 5.70. The van der Waals surface area contributed by atoms with E-state index in [1.807, 2.05) is 31.2 Å². The highest BCUT2D eigenvalue weighted by molar-refractivity contribution is 6.07. The monoisotopic (exact) mass is 225 g/mol. The lowest BCUT2D eigenvalue weighted by Gasteiger charge is -2.04. The molecule has 0 amide bonds. The largest absolute Gasteiger partial charge is 0.294 e. The molecule has 17 heavy (non-hydrogen) atoms. The van der Waals surface area contributed by atoms with Crippen LogP contribution in [0.2, 0.25) is 0 Å². The van der Waals surface area contributed by atoms with E-state index in [4.69, 9.17) is 0 Å². The molecule has 1 aromatic carbocycles. The van der Waals surface area contributed by atoms with Gasteiger partial charge in [-0.15, -0.1) is 6.58 Å². The van der Waals surface area contributed by atoms with Gasteiger partial charge in [0.2, 0.25) is 0 Å². The third-order valence-corrected chi connectivity index (χ3v) is 2.73. The van der Waals surface area contributed by atoms with Gasteiger partial charge >= 0.3 is 0 Å². The quantitative estimate of drug-likeness (QED) is 0.585. The Morgan fingerprint density at radius 2 is 2.00 bits per heavy atom. The van der Waals surface area contributed by atoms with E-state index < -0.39 is 0 Å². The fraction of sp³-hybridized carbons (Fsp3) is 0.200. The normalized spacial score (nSPS) is 10.4. The molecule has 0 spiro atoms. The average molecular weight is 225 g/mol. The highest BCUT2D eigenvalue weighted by Gasteiger charge is 2.09. The number of carbonyl (C=O) groups excluding carboxylic acids is 1. The maximum atomic E-state index is 12.1. The molecule has 86 valence electrons. The van der Waals surface area contributed by atoms with E-state index in [2.05, 4.69) is 11.6 Å². The molecule has 2 heteroatoms. The van der Waals surface area contributed by atoms with Gasteiger partial charge in [0.25, 0.3) is 0 Å². The van der Waals surface area contributed by atoms with Gasteiger partial charge in [0.1, 0.15) is 0 Å². The number of fused-ring (bicyclic) bond motifs is 1. The summed E-state index contributed by atoms with van der Waals surface area (Å²) in [6.45, 7) is 5.76. The van der Waals surface area contributed by atoms with Crippen LogP contribution in [0.1, 0.15) is 30.1 Å². The fourth-order valence-corrected chi connectivity index (χ4v) is 1.80. The van der Waals surface area contributed by atoms with E-state index >= 15 is 0 Å². The number of hydrogen-bond donors (Lipinski definition) is 0. The predicted molar refractivity (Wildman–Crippen MR) is 70.1 cm³/mol. The van der Waals surface area contributed by atoms with E-state index in [1.165, 1.54) is 0 Å². The maximum Gasteiger partial charge on any atom is 0.163 e. The molecule has 0 N–H and O–H groups in total. The average Bonchev–Trinajstić information content (AvgIpc) is 2.35. The molecule has 0 aliphatic heterocycles. The van der Waals surface area contributed by atoms with Crippen LogP contribution in [0.25, 0.3) is 10.9 Å². The Morgan fingerprint density at radius 3 is 2.76 bits per heavy atom. The standard InChI is InChI=1S/C15H15NO/c1-11(2)7-8-15(17)13-9-10-16-14-6-4-3-5-12(13)14/h3-6,9-10H,1,7-8H2,2H3. The zero-order valence-corrected chi connectivity index (χ0v) is 9.94. The van der Waals surface area contributed by atoms with Crippen molar-refractivity contribution in [3.05, 3.63) is 54.2 Å². The Hall–Kier alpha value is -1.96. The molecule has 0 saturated heterocycles. The first-order valence-electron chi connectivity index (χ1n) is 5.70. The van der Waals surface area contributed by atoms with Gasteiger partial charge in [0.15, 0.2) is 5.78 Å². The number of rotatable bonds is 4. The predicted octanol–water partition coefficient (Wildman–Crippen LogP) is 3.77. The Kier molecular flexibility index (Phi) is 3.33. The summed E-state index contributed by atoms with van der Waals surface area (Å²) in [6, 6.07) is 9.52. The maximum absolute atomic E-state index is 12.1. The third kappa shape index (κ3) is 2.59. The van der Waals surface area contributed by atoms with Gasteiger partial charge in [0, 0.05) is 23.6 Å². The molecule has 0 unspecified atom stereocenters. The van der Waals surface area contributed by atoms with Crippen molar-refractivity contribution in [3.63, 3.8) is 0 Å². The van der Waals surface area contributed by atoms with Crippen molar-refractivity contribution in [3.8, 4) is 0 Å². The van der Waals surface area contributed by atoms with E-state index in [-0.39, 0.29) is 5.78 Å². The van der Waals surface area contributed by atoms with Crippen LogP contribution in [0.5, 0.6) is 0 Å². The van der Waals surface area contributed by atoms with Crippen molar-refractivity contribution in [2.45, 2.75) is 19.8 Å². The molecule has 0 fully saturated rings. The van der Waals surface area contributed by atoms with Gasteiger partial charge in [-0.1, -0.05) is 23.8 Å². The molecule has 0 bridgehead atoms. The van der Waals surface area contributed by atoms with E-state index in [9.17, 15) is 4.79 Å². The summed E-state index contributed by atoms with van der Waals surface area (Å²) >= 11 is 0. The minimum atomic E-state index is 0.159. The molecule has 0 aliphatic carbocycles. The second-order valence-electron chi connectivity index (χ2n) is 4.26. The molecular weight excluding hydrogens is 210 g/mol. The molecule has 0 aliphatic rings. The summed E-state index contributed by atoms with van der Waals surface area (Å²) in [5.74, 6) is 0.159. The second-order valence-corrected chi connectivity index (χ2v) is 4.26. The minimum absolute atomic E-state index is 0.159. The van der Waals surface area contributed by atoms with Crippen molar-refractivity contribution in [2.75, 3.05) is 0 Å². The van der Waals surface area contributed by atoms with E-state index in [0.717, 1.165) is 28.5 Å². The molecule has 0 saturated carbocycles. The number of benzene rings is 1. The summed E-state index contributed by atoms with van der Waals surface area (Å²) in [7, 11) is 0. The number of ketones is 1. The third-order valence-electron chi connectivity index (χ3n) is 2.73. The van der Waals surface area contributed by atoms with Gasteiger partial charge in [-0.25, -0.2) is 0 Å². The van der Waals surface area contributed by atoms with Crippen molar-refractivity contribution in [1.29, 1.82) is 0 Å². The van der Waals surface area contributed by atoms with Crippen LogP contribution in [0.15, 0.2) is 48.7 Å². The fourth-order valence-electron chi connectivity index (χ4n) is 1.80. The summed E-state index contributed by atoms with van der Waals surface area (Å²) in [4.78, 5) is 16.3. The number of aromatic nitrogens is 1. The lowest BCUT2D eigenvalue weighted by atomic mass is 10.0. The summed E-state index contributed by atoms with van der Waals surface area (Å²) < 4.78 is 0. The van der Waals surface area contributed by atoms with Gasteiger partial charge < -0.3 is 0 Å². The molecule has 1 aromatic heterocycles. The summed E-state index contributed by atoms with van der Waals surface area (Å²) in [5, 5.41) is 0.932. The number of para-hydroxylation sites is 1. The molecule has 0 radical (unpaired) electrons. The van der Waals surface area contributed by atoms with Crippen molar-refractivity contribution < 1.29 is 4.79 Å². The Labute approximate surface area is 101 Å². The highest BCUT2D eigenvalue weighted by Crippen LogP contribution is 2.18. The number of nitrogens with zero attached hydrogens (tertiary/aromatic N) is 1. The summed E-state index contributed by atoms with van der Waals surface area (Å²) in [5.41, 5.74) is 2.67. The van der Waals surface area contributed by atoms with Crippen molar-refractivity contribution in [2.24, 2.45) is 0 Å². The van der Waals surface area contributed by atoms with Crippen LogP contribution in [-0.4, -0.2) is 10.8 Å². The lowest BCUT2D eigenvalue weighted by molar-refractivity contribution is 0.0984. The van der Waals surface area contributed by atoms with Gasteiger partial charge in [-0.2, -0.15) is 0 Å². The topological polar surface area (TPSA) is 30.0 Å². The van der Waals surface area contributed by atoms with Gasteiger partial charge in [0.05, 0.1) is 5.52 Å². The van der Waals surface area contributed by atoms with Crippen molar-refractivity contribution in [1.82, 2.24) is 4.98 Å². The van der Waals surface area contributed by atoms with Crippen molar-refractivity contribution >= 4 is 16.7 Å². The van der Waals surface area contributed by atoms with Gasteiger partial charge in [-0.05, 0) is 25.5 Å². The van der Waals surface area contributed by atoms with Gasteiger partial charge in [-0.3, -0.25) is 9.78 Å². The molecule has 0 atom stereocenters. The Bertz CT molecular complexity index is 567. The molecular formula is C15H15NO. The zero-order chi connectivity index (χ0) is 12.3. The number of Topliss-reactive ketones (excluding diaryl/α,β-unsaturated/α-hetero) is 1. The second kappa shape index (κ2) is 4.91.